The third kappa shape index (κ3) is 4.29. The van der Waals surface area contributed by atoms with Crippen LogP contribution in [0.2, 0.25) is 0 Å². The second kappa shape index (κ2) is 8.41. The molecule has 0 N–H and O–H groups in total. The van der Waals surface area contributed by atoms with Crippen LogP contribution >= 0.6 is 0 Å². The fourth-order valence-electron chi connectivity index (χ4n) is 3.20. The molecular formula is C23H22N4. The molecule has 1 saturated heterocycles. The number of hydrogen-bond acceptors (Lipinski definition) is 4. The van der Waals surface area contributed by atoms with Gasteiger partial charge in [0, 0.05) is 24.2 Å². The summed E-state index contributed by atoms with van der Waals surface area (Å²) in [4.78, 5) is 7.11. The van der Waals surface area contributed by atoms with Crippen LogP contribution in [0, 0.1) is 0 Å². The highest BCUT2D eigenvalue weighted by Gasteiger charge is 2.12. The van der Waals surface area contributed by atoms with E-state index in [2.05, 4.69) is 33.4 Å². The van der Waals surface area contributed by atoms with Gasteiger partial charge >= 0.3 is 0 Å². The first-order valence-electron chi connectivity index (χ1n) is 9.35. The highest BCUT2D eigenvalue weighted by atomic mass is 15.2. The maximum atomic E-state index is 4.78. The molecule has 3 aromatic rings. The number of benzene rings is 2. The molecule has 134 valence electrons. The van der Waals surface area contributed by atoms with Gasteiger partial charge in [-0.2, -0.15) is 0 Å². The van der Waals surface area contributed by atoms with Crippen molar-refractivity contribution in [1.82, 2.24) is 20.1 Å². The van der Waals surface area contributed by atoms with Crippen molar-refractivity contribution in [2.75, 3.05) is 13.1 Å². The average Bonchev–Trinajstić information content (AvgIpc) is 3.26. The van der Waals surface area contributed by atoms with Crippen LogP contribution in [-0.2, 0) is 0 Å². The van der Waals surface area contributed by atoms with E-state index in [0.29, 0.717) is 5.82 Å². The minimum atomic E-state index is 0.611. The van der Waals surface area contributed by atoms with Gasteiger partial charge in [-0.3, -0.25) is 0 Å². The Labute approximate surface area is 159 Å². The predicted octanol–water partition coefficient (Wildman–Crippen LogP) is 4.83. The van der Waals surface area contributed by atoms with E-state index < -0.39 is 0 Å². The van der Waals surface area contributed by atoms with Gasteiger partial charge in [-0.15, -0.1) is 10.2 Å². The van der Waals surface area contributed by atoms with Crippen LogP contribution < -0.4 is 0 Å². The van der Waals surface area contributed by atoms with Crippen molar-refractivity contribution in [3.05, 3.63) is 84.8 Å². The Morgan fingerprint density at radius 1 is 0.704 bits per heavy atom. The van der Waals surface area contributed by atoms with Crippen molar-refractivity contribution in [2.45, 2.75) is 12.8 Å². The second-order valence-electron chi connectivity index (χ2n) is 6.54. The molecule has 0 bridgehead atoms. The number of hydrogen-bond donors (Lipinski definition) is 0. The van der Waals surface area contributed by atoms with E-state index in [0.717, 1.165) is 35.6 Å². The molecule has 0 radical (unpaired) electrons. The molecule has 0 amide bonds. The molecule has 4 nitrogen and oxygen atoms in total. The van der Waals surface area contributed by atoms with E-state index in [1.54, 1.807) is 0 Å². The highest BCUT2D eigenvalue weighted by molar-refractivity contribution is 5.77. The summed E-state index contributed by atoms with van der Waals surface area (Å²) in [5.41, 5.74) is 3.70. The summed E-state index contributed by atoms with van der Waals surface area (Å²) in [7, 11) is 0. The zero-order valence-electron chi connectivity index (χ0n) is 15.2. The van der Waals surface area contributed by atoms with Crippen LogP contribution in [0.15, 0.2) is 79.0 Å². The Morgan fingerprint density at radius 2 is 1.33 bits per heavy atom. The Morgan fingerprint density at radius 3 is 2.00 bits per heavy atom. The molecule has 1 aromatic heterocycles. The van der Waals surface area contributed by atoms with E-state index in [-0.39, 0.29) is 0 Å². The predicted molar refractivity (Wildman–Crippen MR) is 110 cm³/mol. The van der Waals surface area contributed by atoms with Crippen LogP contribution in [0.25, 0.3) is 28.6 Å². The first-order chi connectivity index (χ1) is 13.4. The molecule has 0 atom stereocenters. The molecule has 1 fully saturated rings. The molecule has 1 aliphatic heterocycles. The van der Waals surface area contributed by atoms with E-state index in [1.165, 1.54) is 12.8 Å². The lowest BCUT2D eigenvalue weighted by molar-refractivity contribution is 0.468. The Balaban J connectivity index is 1.64. The monoisotopic (exact) mass is 354 g/mol. The summed E-state index contributed by atoms with van der Waals surface area (Å²) in [5.74, 6) is 0.611. The zero-order chi connectivity index (χ0) is 18.3. The van der Waals surface area contributed by atoms with Crippen molar-refractivity contribution in [3.63, 3.8) is 0 Å². The van der Waals surface area contributed by atoms with E-state index in [4.69, 9.17) is 4.98 Å². The molecule has 0 aliphatic carbocycles. The van der Waals surface area contributed by atoms with E-state index >= 15 is 0 Å². The van der Waals surface area contributed by atoms with Gasteiger partial charge in [0.25, 0.3) is 0 Å². The maximum Gasteiger partial charge on any atom is 0.175 e. The van der Waals surface area contributed by atoms with Crippen LogP contribution in [-0.4, -0.2) is 33.2 Å². The Bertz CT molecular complexity index is 927. The van der Waals surface area contributed by atoms with Gasteiger partial charge in [0.05, 0.1) is 0 Å². The van der Waals surface area contributed by atoms with Crippen LogP contribution in [0.1, 0.15) is 18.7 Å². The summed E-state index contributed by atoms with van der Waals surface area (Å²) in [6, 6.07) is 20.2. The van der Waals surface area contributed by atoms with E-state index in [9.17, 15) is 0 Å². The molecule has 0 spiro atoms. The van der Waals surface area contributed by atoms with Gasteiger partial charge in [-0.05, 0) is 31.2 Å². The first kappa shape index (κ1) is 17.2. The van der Waals surface area contributed by atoms with Crippen molar-refractivity contribution < 1.29 is 0 Å². The summed E-state index contributed by atoms with van der Waals surface area (Å²) < 4.78 is 0. The molecule has 0 saturated carbocycles. The topological polar surface area (TPSA) is 41.9 Å². The number of rotatable bonds is 5. The van der Waals surface area contributed by atoms with Gasteiger partial charge in [-0.1, -0.05) is 66.7 Å². The minimum absolute atomic E-state index is 0.611. The Hall–Kier alpha value is -3.27. The smallest absolute Gasteiger partial charge is 0.175 e. The van der Waals surface area contributed by atoms with Gasteiger partial charge in [0.1, 0.15) is 11.4 Å². The first-order valence-corrected chi connectivity index (χ1v) is 9.35. The zero-order valence-corrected chi connectivity index (χ0v) is 15.2. The third-order valence-electron chi connectivity index (χ3n) is 4.59. The van der Waals surface area contributed by atoms with Gasteiger partial charge < -0.3 is 4.90 Å². The Kier molecular flexibility index (Phi) is 5.34. The standard InChI is InChI=1S/C23H22N4/c1-3-11-19(12-4-1)22-23(20-13-5-2-6-14-20)26-25-21(24-22)15-7-8-16-27-17-9-10-18-27/h1-8,11-16H,9-10,17-18H2/b15-7-,16-8+. The third-order valence-corrected chi connectivity index (χ3v) is 4.59. The molecule has 4 rings (SSSR count). The molecule has 4 heteroatoms. The summed E-state index contributed by atoms with van der Waals surface area (Å²) >= 11 is 0. The number of aromatic nitrogens is 3. The van der Waals surface area contributed by atoms with Gasteiger partial charge in [0.15, 0.2) is 5.82 Å². The molecular weight excluding hydrogens is 332 g/mol. The number of allylic oxidation sites excluding steroid dienone is 2. The fraction of sp³-hybridized carbons (Fsp3) is 0.174. The molecule has 0 unspecified atom stereocenters. The van der Waals surface area contributed by atoms with E-state index in [1.807, 2.05) is 66.8 Å². The van der Waals surface area contributed by atoms with Crippen molar-refractivity contribution >= 4 is 6.08 Å². The molecule has 1 aliphatic rings. The summed E-state index contributed by atoms with van der Waals surface area (Å²) in [6.07, 6.45) is 10.6. The lowest BCUT2D eigenvalue weighted by Gasteiger charge is -2.09. The maximum absolute atomic E-state index is 4.78. The van der Waals surface area contributed by atoms with Gasteiger partial charge in [0.2, 0.25) is 0 Å². The highest BCUT2D eigenvalue weighted by Crippen LogP contribution is 2.28. The molecule has 2 aromatic carbocycles. The summed E-state index contributed by atoms with van der Waals surface area (Å²) in [5, 5.41) is 8.80. The average molecular weight is 354 g/mol. The number of likely N-dealkylation sites (tertiary alicyclic amines) is 1. The second-order valence-corrected chi connectivity index (χ2v) is 6.54. The van der Waals surface area contributed by atoms with Crippen molar-refractivity contribution in [3.8, 4) is 22.5 Å². The lowest BCUT2D eigenvalue weighted by atomic mass is 10.0. The molecule has 2 heterocycles. The lowest BCUT2D eigenvalue weighted by Crippen LogP contribution is -2.09. The fourth-order valence-corrected chi connectivity index (χ4v) is 3.20. The SMILES string of the molecule is C(=C/c1nnc(-c2ccccc2)c(-c2ccccc2)n1)/C=C/N1CCCC1. The van der Waals surface area contributed by atoms with Crippen LogP contribution in [0.5, 0.6) is 0 Å². The normalized spacial score (nSPS) is 14.4. The van der Waals surface area contributed by atoms with Crippen molar-refractivity contribution in [2.24, 2.45) is 0 Å². The minimum Gasteiger partial charge on any atom is -0.377 e. The number of nitrogens with zero attached hydrogens (tertiary/aromatic N) is 4. The van der Waals surface area contributed by atoms with Crippen LogP contribution in [0.3, 0.4) is 0 Å². The van der Waals surface area contributed by atoms with Crippen molar-refractivity contribution in [1.29, 1.82) is 0 Å². The van der Waals surface area contributed by atoms with Crippen LogP contribution in [0.4, 0.5) is 0 Å². The largest absolute Gasteiger partial charge is 0.377 e. The molecule has 27 heavy (non-hydrogen) atoms. The summed E-state index contributed by atoms with van der Waals surface area (Å²) in [6.45, 7) is 2.29. The quantitative estimate of drug-likeness (QED) is 0.616. The van der Waals surface area contributed by atoms with Gasteiger partial charge in [-0.25, -0.2) is 4.98 Å².